The standard InChI is InChI=1S/C13H15FN2O/c1-9(2)12(7-15)13(17)16-8-10-3-5-11(14)6-4-10/h3-6,9,12H,8H2,1-2H3,(H,16,17). The first-order valence-corrected chi connectivity index (χ1v) is 5.46. The number of carbonyl (C=O) groups is 1. The Labute approximate surface area is 100 Å². The first-order valence-electron chi connectivity index (χ1n) is 5.46. The lowest BCUT2D eigenvalue weighted by Gasteiger charge is -2.12. The fraction of sp³-hybridized carbons (Fsp3) is 0.385. The molecule has 1 amide bonds. The van der Waals surface area contributed by atoms with E-state index in [-0.39, 0.29) is 17.6 Å². The average molecular weight is 234 g/mol. The van der Waals surface area contributed by atoms with Crippen molar-refractivity contribution in [1.29, 1.82) is 5.26 Å². The maximum Gasteiger partial charge on any atom is 0.237 e. The molecule has 0 heterocycles. The molecule has 4 heteroatoms. The maximum absolute atomic E-state index is 12.6. The van der Waals surface area contributed by atoms with Gasteiger partial charge in [-0.1, -0.05) is 26.0 Å². The van der Waals surface area contributed by atoms with Crippen molar-refractivity contribution in [2.45, 2.75) is 20.4 Å². The lowest BCUT2D eigenvalue weighted by atomic mass is 9.96. The Morgan fingerprint density at radius 2 is 2.00 bits per heavy atom. The summed E-state index contributed by atoms with van der Waals surface area (Å²) in [7, 11) is 0. The molecule has 17 heavy (non-hydrogen) atoms. The molecular weight excluding hydrogens is 219 g/mol. The molecule has 3 nitrogen and oxygen atoms in total. The van der Waals surface area contributed by atoms with Crippen LogP contribution in [-0.2, 0) is 11.3 Å². The molecule has 1 atom stereocenters. The van der Waals surface area contributed by atoms with E-state index in [9.17, 15) is 9.18 Å². The number of rotatable bonds is 4. The second-order valence-corrected chi connectivity index (χ2v) is 4.20. The number of carbonyl (C=O) groups excluding carboxylic acids is 1. The van der Waals surface area contributed by atoms with E-state index in [1.165, 1.54) is 12.1 Å². The van der Waals surface area contributed by atoms with E-state index in [0.29, 0.717) is 6.54 Å². The predicted molar refractivity (Wildman–Crippen MR) is 62.2 cm³/mol. The van der Waals surface area contributed by atoms with Gasteiger partial charge in [-0.15, -0.1) is 0 Å². The van der Waals surface area contributed by atoms with Crippen LogP contribution in [-0.4, -0.2) is 5.91 Å². The zero-order valence-corrected chi connectivity index (χ0v) is 9.90. The molecule has 1 rings (SSSR count). The van der Waals surface area contributed by atoms with Crippen molar-refractivity contribution in [1.82, 2.24) is 5.32 Å². The Bertz CT molecular complexity index is 420. The van der Waals surface area contributed by atoms with Crippen LogP contribution < -0.4 is 5.32 Å². The summed E-state index contributed by atoms with van der Waals surface area (Å²) < 4.78 is 12.6. The SMILES string of the molecule is CC(C)C(C#N)C(=O)NCc1ccc(F)cc1. The molecule has 1 unspecified atom stereocenters. The smallest absolute Gasteiger partial charge is 0.237 e. The highest BCUT2D eigenvalue weighted by Gasteiger charge is 2.20. The highest BCUT2D eigenvalue weighted by Crippen LogP contribution is 2.10. The van der Waals surface area contributed by atoms with Crippen LogP contribution in [0.3, 0.4) is 0 Å². The van der Waals surface area contributed by atoms with Gasteiger partial charge in [0.25, 0.3) is 0 Å². The van der Waals surface area contributed by atoms with Gasteiger partial charge in [0, 0.05) is 6.54 Å². The number of nitriles is 1. The molecule has 90 valence electrons. The fourth-order valence-electron chi connectivity index (χ4n) is 1.41. The third-order valence-corrected chi connectivity index (χ3v) is 2.47. The van der Waals surface area contributed by atoms with Crippen molar-refractivity contribution in [3.63, 3.8) is 0 Å². The van der Waals surface area contributed by atoms with Gasteiger partial charge in [0.1, 0.15) is 11.7 Å². The van der Waals surface area contributed by atoms with E-state index < -0.39 is 5.92 Å². The Morgan fingerprint density at radius 3 is 2.47 bits per heavy atom. The summed E-state index contributed by atoms with van der Waals surface area (Å²) in [5.41, 5.74) is 0.806. The van der Waals surface area contributed by atoms with E-state index in [1.54, 1.807) is 12.1 Å². The quantitative estimate of drug-likeness (QED) is 0.868. The summed E-state index contributed by atoms with van der Waals surface area (Å²) in [5.74, 6) is -1.26. The molecule has 1 aromatic carbocycles. The van der Waals surface area contributed by atoms with Crippen LogP contribution in [0, 0.1) is 29.0 Å². The van der Waals surface area contributed by atoms with Gasteiger partial charge in [0.2, 0.25) is 5.91 Å². The predicted octanol–water partition coefficient (Wildman–Crippen LogP) is 2.24. The molecule has 0 saturated heterocycles. The number of benzene rings is 1. The van der Waals surface area contributed by atoms with Crippen LogP contribution in [0.4, 0.5) is 4.39 Å². The molecule has 0 aliphatic carbocycles. The number of hydrogen-bond donors (Lipinski definition) is 1. The Balaban J connectivity index is 2.54. The van der Waals surface area contributed by atoms with Crippen molar-refractivity contribution >= 4 is 5.91 Å². The van der Waals surface area contributed by atoms with Crippen molar-refractivity contribution in [3.8, 4) is 6.07 Å². The number of nitrogens with one attached hydrogen (secondary N) is 1. The zero-order valence-electron chi connectivity index (χ0n) is 9.90. The molecule has 0 bridgehead atoms. The lowest BCUT2D eigenvalue weighted by molar-refractivity contribution is -0.124. The van der Waals surface area contributed by atoms with E-state index >= 15 is 0 Å². The van der Waals surface area contributed by atoms with Crippen LogP contribution >= 0.6 is 0 Å². The summed E-state index contributed by atoms with van der Waals surface area (Å²) in [6, 6.07) is 7.86. The van der Waals surface area contributed by atoms with Crippen molar-refractivity contribution < 1.29 is 9.18 Å². The third-order valence-electron chi connectivity index (χ3n) is 2.47. The van der Waals surface area contributed by atoms with Crippen LogP contribution in [0.15, 0.2) is 24.3 Å². The minimum absolute atomic E-state index is 0.0202. The van der Waals surface area contributed by atoms with Crippen molar-refractivity contribution in [3.05, 3.63) is 35.6 Å². The van der Waals surface area contributed by atoms with Gasteiger partial charge < -0.3 is 5.32 Å². The molecule has 0 spiro atoms. The summed E-state index contributed by atoms with van der Waals surface area (Å²) >= 11 is 0. The van der Waals surface area contributed by atoms with Crippen LogP contribution in [0.5, 0.6) is 0 Å². The summed E-state index contributed by atoms with van der Waals surface area (Å²) in [4.78, 5) is 11.6. The summed E-state index contributed by atoms with van der Waals surface area (Å²) in [6.07, 6.45) is 0. The average Bonchev–Trinajstić information content (AvgIpc) is 2.28. The number of amides is 1. The first kappa shape index (κ1) is 13.2. The van der Waals surface area contributed by atoms with Gasteiger partial charge in [-0.3, -0.25) is 4.79 Å². The first-order chi connectivity index (χ1) is 8.04. The Morgan fingerprint density at radius 1 is 1.41 bits per heavy atom. The molecule has 0 radical (unpaired) electrons. The van der Waals surface area contributed by atoms with Gasteiger partial charge in [-0.25, -0.2) is 4.39 Å². The van der Waals surface area contributed by atoms with Crippen LogP contribution in [0.2, 0.25) is 0 Å². The lowest BCUT2D eigenvalue weighted by Crippen LogP contribution is -2.32. The van der Waals surface area contributed by atoms with E-state index in [2.05, 4.69) is 5.32 Å². The Hall–Kier alpha value is -1.89. The fourth-order valence-corrected chi connectivity index (χ4v) is 1.41. The Kier molecular flexibility index (Phi) is 4.65. The highest BCUT2D eigenvalue weighted by molar-refractivity contribution is 5.81. The molecular formula is C13H15FN2O. The zero-order chi connectivity index (χ0) is 12.8. The maximum atomic E-state index is 12.6. The summed E-state index contributed by atoms with van der Waals surface area (Å²) in [6.45, 7) is 3.96. The van der Waals surface area contributed by atoms with Gasteiger partial charge in [-0.05, 0) is 23.6 Å². The monoisotopic (exact) mass is 234 g/mol. The van der Waals surface area contributed by atoms with E-state index in [0.717, 1.165) is 5.56 Å². The molecule has 0 aromatic heterocycles. The topological polar surface area (TPSA) is 52.9 Å². The second kappa shape index (κ2) is 6.00. The van der Waals surface area contributed by atoms with E-state index in [4.69, 9.17) is 5.26 Å². The second-order valence-electron chi connectivity index (χ2n) is 4.20. The van der Waals surface area contributed by atoms with Crippen LogP contribution in [0.25, 0.3) is 0 Å². The van der Waals surface area contributed by atoms with E-state index in [1.807, 2.05) is 19.9 Å². The largest absolute Gasteiger partial charge is 0.351 e. The van der Waals surface area contributed by atoms with Gasteiger partial charge in [0.15, 0.2) is 0 Å². The molecule has 0 fully saturated rings. The molecule has 1 N–H and O–H groups in total. The summed E-state index contributed by atoms with van der Waals surface area (Å²) in [5, 5.41) is 11.5. The van der Waals surface area contributed by atoms with Gasteiger partial charge in [-0.2, -0.15) is 5.26 Å². The highest BCUT2D eigenvalue weighted by atomic mass is 19.1. The number of halogens is 1. The normalized spacial score (nSPS) is 11.9. The van der Waals surface area contributed by atoms with Crippen molar-refractivity contribution in [2.24, 2.45) is 11.8 Å². The third kappa shape index (κ3) is 3.87. The van der Waals surface area contributed by atoms with Crippen molar-refractivity contribution in [2.75, 3.05) is 0 Å². The number of hydrogen-bond acceptors (Lipinski definition) is 2. The minimum atomic E-state index is -0.643. The van der Waals surface area contributed by atoms with Gasteiger partial charge >= 0.3 is 0 Å². The molecule has 0 aliphatic heterocycles. The molecule has 1 aromatic rings. The van der Waals surface area contributed by atoms with Gasteiger partial charge in [0.05, 0.1) is 6.07 Å². The minimum Gasteiger partial charge on any atom is -0.351 e. The van der Waals surface area contributed by atoms with Crippen LogP contribution in [0.1, 0.15) is 19.4 Å². The number of nitrogens with zero attached hydrogens (tertiary/aromatic N) is 1. The molecule has 0 aliphatic rings. The molecule has 0 saturated carbocycles.